The maximum absolute atomic E-state index is 11.5. The van der Waals surface area contributed by atoms with Crippen molar-refractivity contribution in [3.63, 3.8) is 0 Å². The molecule has 1 rings (SSSR count). The monoisotopic (exact) mass is 258 g/mol. The number of hydrogen-bond acceptors (Lipinski definition) is 4. The van der Waals surface area contributed by atoms with Gasteiger partial charge in [0.15, 0.2) is 0 Å². The lowest BCUT2D eigenvalue weighted by Crippen LogP contribution is -2.53. The highest BCUT2D eigenvalue weighted by Crippen LogP contribution is 2.14. The van der Waals surface area contributed by atoms with Crippen LogP contribution in [0, 0.1) is 5.92 Å². The Morgan fingerprint density at radius 1 is 1.22 bits per heavy atom. The van der Waals surface area contributed by atoms with E-state index in [4.69, 9.17) is 9.84 Å². The van der Waals surface area contributed by atoms with Crippen molar-refractivity contribution in [3.05, 3.63) is 0 Å². The van der Waals surface area contributed by atoms with Gasteiger partial charge in [-0.3, -0.25) is 9.69 Å². The largest absolute Gasteiger partial charge is 0.481 e. The van der Waals surface area contributed by atoms with E-state index >= 15 is 0 Å². The molecule has 0 saturated carbocycles. The molecule has 0 radical (unpaired) electrons. The van der Waals surface area contributed by atoms with Gasteiger partial charge in [-0.25, -0.2) is 4.79 Å². The van der Waals surface area contributed by atoms with Gasteiger partial charge in [0.05, 0.1) is 12.5 Å². The molecule has 1 aliphatic rings. The van der Waals surface area contributed by atoms with E-state index in [-0.39, 0.29) is 12.1 Å². The summed E-state index contributed by atoms with van der Waals surface area (Å²) in [5.74, 6) is -1.19. The molecular weight excluding hydrogens is 236 g/mol. The fourth-order valence-electron chi connectivity index (χ4n) is 2.05. The van der Waals surface area contributed by atoms with Crippen LogP contribution in [0.25, 0.3) is 0 Å². The minimum atomic E-state index is -0.782. The first-order chi connectivity index (χ1) is 8.47. The Bertz CT molecular complexity index is 300. The van der Waals surface area contributed by atoms with Gasteiger partial charge in [0.1, 0.15) is 0 Å². The second-order valence-electron chi connectivity index (χ2n) is 4.59. The van der Waals surface area contributed by atoms with Crippen molar-refractivity contribution >= 4 is 12.1 Å². The topological polar surface area (TPSA) is 70.1 Å². The lowest BCUT2D eigenvalue weighted by molar-refractivity contribution is -0.143. The summed E-state index contributed by atoms with van der Waals surface area (Å²) < 4.78 is 4.94. The van der Waals surface area contributed by atoms with E-state index in [1.165, 1.54) is 0 Å². The van der Waals surface area contributed by atoms with E-state index in [0.717, 1.165) is 0 Å². The minimum Gasteiger partial charge on any atom is -0.481 e. The van der Waals surface area contributed by atoms with Crippen LogP contribution in [0.1, 0.15) is 20.8 Å². The first-order valence-electron chi connectivity index (χ1n) is 6.36. The molecule has 1 aliphatic heterocycles. The van der Waals surface area contributed by atoms with Crippen LogP contribution >= 0.6 is 0 Å². The third kappa shape index (κ3) is 3.60. The summed E-state index contributed by atoms with van der Waals surface area (Å²) >= 11 is 0. The van der Waals surface area contributed by atoms with Gasteiger partial charge in [0, 0.05) is 32.2 Å². The molecule has 2 unspecified atom stereocenters. The summed E-state index contributed by atoms with van der Waals surface area (Å²) in [5.41, 5.74) is 0. The second kappa shape index (κ2) is 6.58. The van der Waals surface area contributed by atoms with Crippen LogP contribution in [0.5, 0.6) is 0 Å². The zero-order chi connectivity index (χ0) is 13.7. The van der Waals surface area contributed by atoms with Crippen molar-refractivity contribution in [2.45, 2.75) is 26.8 Å². The predicted octanol–water partition coefficient (Wildman–Crippen LogP) is 0.870. The second-order valence-corrected chi connectivity index (χ2v) is 4.59. The summed E-state index contributed by atoms with van der Waals surface area (Å²) in [4.78, 5) is 26.2. The molecule has 1 heterocycles. The van der Waals surface area contributed by atoms with E-state index in [1.54, 1.807) is 18.7 Å². The molecule has 6 heteroatoms. The van der Waals surface area contributed by atoms with Gasteiger partial charge < -0.3 is 14.7 Å². The Morgan fingerprint density at radius 3 is 2.22 bits per heavy atom. The molecule has 1 amide bonds. The van der Waals surface area contributed by atoms with Crippen molar-refractivity contribution in [2.75, 3.05) is 32.8 Å². The SMILES string of the molecule is CCOC(=O)N1CCN(C(C)C(C)C(=O)O)CC1. The first kappa shape index (κ1) is 14.8. The number of carbonyl (C=O) groups excluding carboxylic acids is 1. The molecule has 1 fully saturated rings. The fraction of sp³-hybridized carbons (Fsp3) is 0.833. The number of rotatable bonds is 4. The van der Waals surface area contributed by atoms with Crippen LogP contribution in [0.4, 0.5) is 4.79 Å². The number of carboxylic acids is 1. The number of carboxylic acid groups (broad SMARTS) is 1. The number of aliphatic carboxylic acids is 1. The molecule has 104 valence electrons. The van der Waals surface area contributed by atoms with E-state index < -0.39 is 11.9 Å². The molecule has 2 atom stereocenters. The van der Waals surface area contributed by atoms with Gasteiger partial charge in [-0.05, 0) is 13.8 Å². The minimum absolute atomic E-state index is 0.0214. The first-order valence-corrected chi connectivity index (χ1v) is 6.36. The highest BCUT2D eigenvalue weighted by Gasteiger charge is 2.29. The summed E-state index contributed by atoms with van der Waals surface area (Å²) in [6.07, 6.45) is -0.281. The average Bonchev–Trinajstić information content (AvgIpc) is 2.37. The normalized spacial score (nSPS) is 20.3. The predicted molar refractivity (Wildman–Crippen MR) is 66.4 cm³/mol. The van der Waals surface area contributed by atoms with Gasteiger partial charge in [-0.15, -0.1) is 0 Å². The Labute approximate surface area is 107 Å². The van der Waals surface area contributed by atoms with Crippen LogP contribution in [-0.4, -0.2) is 65.8 Å². The van der Waals surface area contributed by atoms with Gasteiger partial charge in [-0.2, -0.15) is 0 Å². The molecule has 0 bridgehead atoms. The number of piperazine rings is 1. The smallest absolute Gasteiger partial charge is 0.409 e. The highest BCUT2D eigenvalue weighted by atomic mass is 16.6. The van der Waals surface area contributed by atoms with Crippen molar-refractivity contribution < 1.29 is 19.4 Å². The molecule has 0 aromatic carbocycles. The fourth-order valence-corrected chi connectivity index (χ4v) is 2.05. The Kier molecular flexibility index (Phi) is 5.40. The van der Waals surface area contributed by atoms with Gasteiger partial charge in [0.2, 0.25) is 0 Å². The third-order valence-corrected chi connectivity index (χ3v) is 3.53. The van der Waals surface area contributed by atoms with Gasteiger partial charge in [0.25, 0.3) is 0 Å². The number of nitrogens with zero attached hydrogens (tertiary/aromatic N) is 2. The number of carbonyl (C=O) groups is 2. The zero-order valence-electron chi connectivity index (χ0n) is 11.3. The molecule has 0 aromatic heterocycles. The number of ether oxygens (including phenoxy) is 1. The maximum atomic E-state index is 11.5. The van der Waals surface area contributed by atoms with Crippen LogP contribution in [0.15, 0.2) is 0 Å². The van der Waals surface area contributed by atoms with Crippen LogP contribution in [0.2, 0.25) is 0 Å². The van der Waals surface area contributed by atoms with Gasteiger partial charge >= 0.3 is 12.1 Å². The quantitative estimate of drug-likeness (QED) is 0.810. The summed E-state index contributed by atoms with van der Waals surface area (Å²) in [6, 6.07) is -0.0214. The Balaban J connectivity index is 2.44. The molecule has 1 saturated heterocycles. The molecule has 0 spiro atoms. The molecule has 6 nitrogen and oxygen atoms in total. The number of amides is 1. The summed E-state index contributed by atoms with van der Waals surface area (Å²) in [7, 11) is 0. The van der Waals surface area contributed by atoms with Crippen molar-refractivity contribution in [1.29, 1.82) is 0 Å². The Hall–Kier alpha value is -1.30. The van der Waals surface area contributed by atoms with E-state index in [9.17, 15) is 9.59 Å². The van der Waals surface area contributed by atoms with Crippen molar-refractivity contribution in [1.82, 2.24) is 9.80 Å². The molecule has 0 aromatic rings. The maximum Gasteiger partial charge on any atom is 0.409 e. The van der Waals surface area contributed by atoms with E-state index in [1.807, 2.05) is 6.92 Å². The third-order valence-electron chi connectivity index (χ3n) is 3.53. The molecule has 18 heavy (non-hydrogen) atoms. The van der Waals surface area contributed by atoms with Crippen molar-refractivity contribution in [3.8, 4) is 0 Å². The van der Waals surface area contributed by atoms with Crippen molar-refractivity contribution in [2.24, 2.45) is 5.92 Å². The lowest BCUT2D eigenvalue weighted by Gasteiger charge is -2.38. The van der Waals surface area contributed by atoms with Crippen LogP contribution < -0.4 is 0 Å². The zero-order valence-corrected chi connectivity index (χ0v) is 11.3. The molecular formula is C12H22N2O4. The Morgan fingerprint density at radius 2 is 1.78 bits per heavy atom. The summed E-state index contributed by atoms with van der Waals surface area (Å²) in [6.45, 7) is 8.36. The van der Waals surface area contributed by atoms with Crippen LogP contribution in [0.3, 0.4) is 0 Å². The lowest BCUT2D eigenvalue weighted by atomic mass is 10.0. The van der Waals surface area contributed by atoms with E-state index in [2.05, 4.69) is 4.90 Å². The van der Waals surface area contributed by atoms with E-state index in [0.29, 0.717) is 32.8 Å². The van der Waals surface area contributed by atoms with Crippen LogP contribution in [-0.2, 0) is 9.53 Å². The molecule has 0 aliphatic carbocycles. The highest BCUT2D eigenvalue weighted by molar-refractivity contribution is 5.70. The summed E-state index contributed by atoms with van der Waals surface area (Å²) in [5, 5.41) is 8.98. The molecule has 1 N–H and O–H groups in total. The van der Waals surface area contributed by atoms with Gasteiger partial charge in [-0.1, -0.05) is 6.92 Å². The number of hydrogen-bond donors (Lipinski definition) is 1. The standard InChI is InChI=1S/C12H22N2O4/c1-4-18-12(17)14-7-5-13(6-8-14)10(3)9(2)11(15)16/h9-10H,4-8H2,1-3H3,(H,15,16). The average molecular weight is 258 g/mol.